The van der Waals surface area contributed by atoms with Gasteiger partial charge < -0.3 is 4.74 Å². The zero-order valence-corrected chi connectivity index (χ0v) is 10.5. The van der Waals surface area contributed by atoms with Gasteiger partial charge in [-0.1, -0.05) is 13.8 Å². The molecule has 0 aliphatic heterocycles. The van der Waals surface area contributed by atoms with E-state index in [0.717, 1.165) is 32.0 Å². The van der Waals surface area contributed by atoms with Crippen molar-refractivity contribution in [2.75, 3.05) is 32.7 Å². The summed E-state index contributed by atoms with van der Waals surface area (Å²) in [5.41, 5.74) is 0. The van der Waals surface area contributed by atoms with Crippen molar-refractivity contribution < 1.29 is 4.74 Å². The molecule has 0 bridgehead atoms. The van der Waals surface area contributed by atoms with Crippen LogP contribution in [-0.2, 0) is 4.74 Å². The number of methoxy groups -OCH3 is 1. The first-order chi connectivity index (χ1) is 6.79. The summed E-state index contributed by atoms with van der Waals surface area (Å²) in [6.45, 7) is 7.43. The van der Waals surface area contributed by atoms with Crippen LogP contribution in [0.25, 0.3) is 0 Å². The highest BCUT2D eigenvalue weighted by atomic mass is 35.5. The zero-order chi connectivity index (χ0) is 10.8. The molecule has 86 valence electrons. The lowest BCUT2D eigenvalue weighted by molar-refractivity contribution is 0.115. The lowest BCUT2D eigenvalue weighted by Crippen LogP contribution is -2.37. The van der Waals surface area contributed by atoms with Crippen molar-refractivity contribution in [1.82, 2.24) is 4.90 Å². The molecule has 14 heavy (non-hydrogen) atoms. The molecule has 0 amide bonds. The van der Waals surface area contributed by atoms with Gasteiger partial charge in [-0.05, 0) is 25.8 Å². The van der Waals surface area contributed by atoms with E-state index in [2.05, 4.69) is 18.7 Å². The predicted molar refractivity (Wildman–Crippen MR) is 63.2 cm³/mol. The maximum atomic E-state index is 5.71. The summed E-state index contributed by atoms with van der Waals surface area (Å²) < 4.78 is 5.12. The first kappa shape index (κ1) is 14.2. The standard InChI is InChI=1S/C11H24ClNO/c1-4-11(5-2)13(8-6-7-12)9-10-14-3/h11H,4-10H2,1-3H3. The van der Waals surface area contributed by atoms with Crippen LogP contribution in [0.15, 0.2) is 0 Å². The van der Waals surface area contributed by atoms with Gasteiger partial charge in [0.15, 0.2) is 0 Å². The Labute approximate surface area is 93.6 Å². The van der Waals surface area contributed by atoms with E-state index in [-0.39, 0.29) is 0 Å². The topological polar surface area (TPSA) is 12.5 Å². The van der Waals surface area contributed by atoms with Crippen molar-refractivity contribution in [3.8, 4) is 0 Å². The van der Waals surface area contributed by atoms with E-state index >= 15 is 0 Å². The van der Waals surface area contributed by atoms with Gasteiger partial charge in [-0.3, -0.25) is 4.90 Å². The third kappa shape index (κ3) is 5.84. The number of hydrogen-bond donors (Lipinski definition) is 0. The number of ether oxygens (including phenoxy) is 1. The van der Waals surface area contributed by atoms with E-state index in [4.69, 9.17) is 16.3 Å². The highest BCUT2D eigenvalue weighted by Gasteiger charge is 2.13. The van der Waals surface area contributed by atoms with E-state index < -0.39 is 0 Å². The highest BCUT2D eigenvalue weighted by molar-refractivity contribution is 6.17. The quantitative estimate of drug-likeness (QED) is 0.556. The Morgan fingerprint density at radius 3 is 2.29 bits per heavy atom. The van der Waals surface area contributed by atoms with Gasteiger partial charge in [0.2, 0.25) is 0 Å². The minimum Gasteiger partial charge on any atom is -0.383 e. The predicted octanol–water partition coefficient (Wildman–Crippen LogP) is 2.75. The van der Waals surface area contributed by atoms with Crippen LogP contribution >= 0.6 is 11.6 Å². The molecule has 0 aromatic rings. The van der Waals surface area contributed by atoms with E-state index in [1.54, 1.807) is 7.11 Å². The normalized spacial score (nSPS) is 11.6. The first-order valence-electron chi connectivity index (χ1n) is 5.59. The average molecular weight is 222 g/mol. The van der Waals surface area contributed by atoms with Gasteiger partial charge in [-0.25, -0.2) is 0 Å². The SMILES string of the molecule is CCC(CC)N(CCCCl)CCOC. The molecule has 0 saturated heterocycles. The van der Waals surface area contributed by atoms with Crippen molar-refractivity contribution in [2.24, 2.45) is 0 Å². The Hall–Kier alpha value is 0.210. The Kier molecular flexibility index (Phi) is 9.90. The van der Waals surface area contributed by atoms with Crippen LogP contribution in [0.5, 0.6) is 0 Å². The summed E-state index contributed by atoms with van der Waals surface area (Å²) in [7, 11) is 1.76. The van der Waals surface area contributed by atoms with E-state index in [9.17, 15) is 0 Å². The molecule has 0 saturated carbocycles. The molecule has 0 atom stereocenters. The Morgan fingerprint density at radius 1 is 1.21 bits per heavy atom. The molecule has 0 fully saturated rings. The zero-order valence-electron chi connectivity index (χ0n) is 9.76. The van der Waals surface area contributed by atoms with Crippen LogP contribution in [0, 0.1) is 0 Å². The number of halogens is 1. The number of hydrogen-bond acceptors (Lipinski definition) is 2. The molecule has 0 heterocycles. The smallest absolute Gasteiger partial charge is 0.0589 e. The maximum absolute atomic E-state index is 5.71. The second-order valence-electron chi connectivity index (χ2n) is 3.54. The van der Waals surface area contributed by atoms with E-state index in [1.165, 1.54) is 12.8 Å². The molecule has 0 aliphatic carbocycles. The molecule has 0 aromatic heterocycles. The molecular formula is C11H24ClNO. The fraction of sp³-hybridized carbons (Fsp3) is 1.00. The molecule has 0 aliphatic rings. The molecule has 0 unspecified atom stereocenters. The molecule has 0 radical (unpaired) electrons. The number of rotatable bonds is 9. The number of alkyl halides is 1. The second-order valence-corrected chi connectivity index (χ2v) is 3.92. The third-order valence-electron chi connectivity index (χ3n) is 2.62. The van der Waals surface area contributed by atoms with Gasteiger partial charge in [0, 0.05) is 25.6 Å². The second kappa shape index (κ2) is 9.75. The monoisotopic (exact) mass is 221 g/mol. The lowest BCUT2D eigenvalue weighted by Gasteiger charge is -2.29. The van der Waals surface area contributed by atoms with Crippen molar-refractivity contribution in [3.05, 3.63) is 0 Å². The largest absolute Gasteiger partial charge is 0.383 e. The molecule has 0 rings (SSSR count). The summed E-state index contributed by atoms with van der Waals surface area (Å²) in [4.78, 5) is 2.49. The van der Waals surface area contributed by atoms with E-state index in [1.807, 2.05) is 0 Å². The van der Waals surface area contributed by atoms with Crippen LogP contribution in [0.3, 0.4) is 0 Å². The first-order valence-corrected chi connectivity index (χ1v) is 6.12. The third-order valence-corrected chi connectivity index (χ3v) is 2.89. The molecule has 3 heteroatoms. The van der Waals surface area contributed by atoms with Crippen molar-refractivity contribution in [3.63, 3.8) is 0 Å². The number of nitrogens with zero attached hydrogens (tertiary/aromatic N) is 1. The maximum Gasteiger partial charge on any atom is 0.0589 e. The van der Waals surface area contributed by atoms with Gasteiger partial charge in [0.1, 0.15) is 0 Å². The molecule has 2 nitrogen and oxygen atoms in total. The minimum absolute atomic E-state index is 0.688. The summed E-state index contributed by atoms with van der Waals surface area (Å²) in [5, 5.41) is 0. The summed E-state index contributed by atoms with van der Waals surface area (Å²) >= 11 is 5.71. The van der Waals surface area contributed by atoms with Crippen molar-refractivity contribution in [1.29, 1.82) is 0 Å². The van der Waals surface area contributed by atoms with Gasteiger partial charge in [-0.2, -0.15) is 0 Å². The Balaban J connectivity index is 3.92. The van der Waals surface area contributed by atoms with Gasteiger partial charge in [0.25, 0.3) is 0 Å². The van der Waals surface area contributed by atoms with Crippen LogP contribution in [0.2, 0.25) is 0 Å². The van der Waals surface area contributed by atoms with Gasteiger partial charge in [0.05, 0.1) is 6.61 Å². The highest BCUT2D eigenvalue weighted by Crippen LogP contribution is 2.09. The summed E-state index contributed by atoms with van der Waals surface area (Å²) in [6, 6.07) is 0.688. The van der Waals surface area contributed by atoms with Gasteiger partial charge in [-0.15, -0.1) is 11.6 Å². The van der Waals surface area contributed by atoms with Crippen LogP contribution in [0.4, 0.5) is 0 Å². The molecule has 0 N–H and O–H groups in total. The summed E-state index contributed by atoms with van der Waals surface area (Å²) in [5.74, 6) is 0.754. The van der Waals surface area contributed by atoms with E-state index in [0.29, 0.717) is 6.04 Å². The van der Waals surface area contributed by atoms with Crippen LogP contribution in [0.1, 0.15) is 33.1 Å². The minimum atomic E-state index is 0.688. The lowest BCUT2D eigenvalue weighted by atomic mass is 10.1. The Bertz CT molecular complexity index is 110. The van der Waals surface area contributed by atoms with Gasteiger partial charge >= 0.3 is 0 Å². The van der Waals surface area contributed by atoms with Crippen molar-refractivity contribution >= 4 is 11.6 Å². The van der Waals surface area contributed by atoms with Crippen LogP contribution < -0.4 is 0 Å². The molecule has 0 aromatic carbocycles. The Morgan fingerprint density at radius 2 is 1.86 bits per heavy atom. The molecule has 0 spiro atoms. The average Bonchev–Trinajstić information content (AvgIpc) is 2.22. The fourth-order valence-electron chi connectivity index (χ4n) is 1.75. The van der Waals surface area contributed by atoms with Crippen molar-refractivity contribution in [2.45, 2.75) is 39.2 Å². The summed E-state index contributed by atoms with van der Waals surface area (Å²) in [6.07, 6.45) is 3.49. The fourth-order valence-corrected chi connectivity index (χ4v) is 1.87. The molecular weight excluding hydrogens is 198 g/mol. The van der Waals surface area contributed by atoms with Crippen LogP contribution in [-0.4, -0.2) is 43.6 Å².